The molecule has 0 fully saturated rings. The fraction of sp³-hybridized carbons (Fsp3) is 0.400. The number of anilines is 1. The average molecular weight is 570 g/mol. The maximum atomic E-state index is 13.7. The van der Waals surface area contributed by atoms with Crippen molar-refractivity contribution >= 4 is 21.7 Å². The molecule has 1 aliphatic rings. The highest BCUT2D eigenvalue weighted by Crippen LogP contribution is 2.39. The van der Waals surface area contributed by atoms with E-state index in [9.17, 15) is 31.2 Å². The Kier molecular flexibility index (Phi) is 7.27. The molecule has 0 saturated heterocycles. The van der Waals surface area contributed by atoms with E-state index in [0.29, 0.717) is 11.6 Å². The first-order valence-corrected chi connectivity index (χ1v) is 13.2. The molecule has 0 amide bonds. The molecule has 0 bridgehead atoms. The van der Waals surface area contributed by atoms with Gasteiger partial charge >= 0.3 is 17.9 Å². The second-order valence-electron chi connectivity index (χ2n) is 9.96. The molecule has 0 aliphatic carbocycles. The Bertz CT molecular complexity index is 1560. The van der Waals surface area contributed by atoms with Crippen molar-refractivity contribution in [2.45, 2.75) is 56.4 Å². The summed E-state index contributed by atoms with van der Waals surface area (Å²) in [5, 5.41) is 3.93. The molecule has 0 N–H and O–H groups in total. The number of rotatable bonds is 6. The second kappa shape index (κ2) is 10.1. The first-order valence-electron chi connectivity index (χ1n) is 11.8. The quantitative estimate of drug-likeness (QED) is 0.414. The fourth-order valence-corrected chi connectivity index (χ4v) is 5.52. The van der Waals surface area contributed by atoms with Crippen molar-refractivity contribution in [3.8, 4) is 5.75 Å². The molecule has 4 rings (SSSR count). The lowest BCUT2D eigenvalue weighted by molar-refractivity contribution is -0.153. The number of nitrogens with zero attached hydrogens (tertiary/aromatic N) is 3. The van der Waals surface area contributed by atoms with Crippen molar-refractivity contribution < 1.29 is 40.3 Å². The third kappa shape index (κ3) is 6.44. The monoisotopic (exact) mass is 569 g/mol. The number of sulfonamides is 1. The molecular weight excluding hydrogens is 543 g/mol. The zero-order valence-electron chi connectivity index (χ0n) is 21.5. The third-order valence-electron chi connectivity index (χ3n) is 5.61. The van der Waals surface area contributed by atoms with Crippen LogP contribution >= 0.6 is 0 Å². The molecule has 1 aliphatic heterocycles. The number of alkyl halides is 3. The largest absolute Gasteiger partial charge is 0.486 e. The zero-order valence-corrected chi connectivity index (χ0v) is 22.3. The summed E-state index contributed by atoms with van der Waals surface area (Å²) in [5.74, 6) is -1.17. The molecule has 2 aromatic carbocycles. The van der Waals surface area contributed by atoms with Gasteiger partial charge in [0.05, 0.1) is 35.5 Å². The first-order chi connectivity index (χ1) is 18.0. The van der Waals surface area contributed by atoms with Crippen LogP contribution in [-0.4, -0.2) is 42.4 Å². The van der Waals surface area contributed by atoms with Crippen LogP contribution in [0.4, 0.5) is 18.9 Å². The average Bonchev–Trinajstić information content (AvgIpc) is 3.13. The number of aromatic nitrogens is 2. The molecule has 0 unspecified atom stereocenters. The number of aryl methyl sites for hydroxylation is 1. The summed E-state index contributed by atoms with van der Waals surface area (Å²) >= 11 is 0. The van der Waals surface area contributed by atoms with Crippen molar-refractivity contribution in [1.29, 1.82) is 0 Å². The summed E-state index contributed by atoms with van der Waals surface area (Å²) in [4.78, 5) is 23.5. The number of carbonyl (C=O) groups is 1. The van der Waals surface area contributed by atoms with Gasteiger partial charge in [-0.3, -0.25) is 9.10 Å². The standard InChI is InChI=1S/C25H26F3N3O7S/c1-24(2,3)38-22(32)11-15-8-9-20-19(10-15)31(14-17(36-20)13-21-29-30(4)23(33)37-21)39(34,35)18-7-5-6-16(12-18)25(26,27)28/h5-10,12,17H,11,13-14H2,1-4H3/t17-/m0/s1. The zero-order chi connectivity index (χ0) is 28.8. The number of fused-ring (bicyclic) bond motifs is 1. The van der Waals surface area contributed by atoms with Gasteiger partial charge in [-0.25, -0.2) is 13.2 Å². The van der Waals surface area contributed by atoms with E-state index in [-0.39, 0.29) is 36.7 Å². The van der Waals surface area contributed by atoms with Crippen molar-refractivity contribution in [2.24, 2.45) is 7.05 Å². The molecule has 0 radical (unpaired) electrons. The van der Waals surface area contributed by atoms with E-state index in [1.165, 1.54) is 19.2 Å². The molecule has 0 saturated carbocycles. The number of esters is 1. The second-order valence-corrected chi connectivity index (χ2v) is 11.8. The van der Waals surface area contributed by atoms with Crippen LogP contribution in [0.2, 0.25) is 0 Å². The van der Waals surface area contributed by atoms with Crippen LogP contribution < -0.4 is 14.8 Å². The van der Waals surface area contributed by atoms with Gasteiger partial charge in [0.1, 0.15) is 17.5 Å². The predicted octanol–water partition coefficient (Wildman–Crippen LogP) is 3.48. The topological polar surface area (TPSA) is 121 Å². The maximum Gasteiger partial charge on any atom is 0.436 e. The Hall–Kier alpha value is -3.81. The van der Waals surface area contributed by atoms with E-state index in [2.05, 4.69) is 5.10 Å². The minimum atomic E-state index is -4.76. The van der Waals surface area contributed by atoms with Gasteiger partial charge in [0.2, 0.25) is 5.89 Å². The van der Waals surface area contributed by atoms with Gasteiger partial charge in [0, 0.05) is 7.05 Å². The highest BCUT2D eigenvalue weighted by Gasteiger charge is 2.38. The SMILES string of the molecule is Cn1nc(C[C@H]2CN(S(=O)(=O)c3cccc(C(F)(F)F)c3)c3cc(CC(=O)OC(C)(C)C)ccc3O2)oc1=O. The lowest BCUT2D eigenvalue weighted by Gasteiger charge is -2.35. The molecule has 1 aromatic heterocycles. The number of hydrogen-bond acceptors (Lipinski definition) is 8. The Morgan fingerprint density at radius 1 is 1.15 bits per heavy atom. The molecule has 0 spiro atoms. The summed E-state index contributed by atoms with van der Waals surface area (Å²) in [6.07, 6.45) is -5.92. The van der Waals surface area contributed by atoms with E-state index in [1.807, 2.05) is 0 Å². The Balaban J connectivity index is 1.74. The van der Waals surface area contributed by atoms with Gasteiger partial charge in [-0.2, -0.15) is 17.9 Å². The van der Waals surface area contributed by atoms with Gasteiger partial charge in [-0.1, -0.05) is 12.1 Å². The first kappa shape index (κ1) is 28.2. The molecular formula is C25H26F3N3O7S. The maximum absolute atomic E-state index is 13.7. The number of benzene rings is 2. The summed E-state index contributed by atoms with van der Waals surface area (Å²) in [5.41, 5.74) is -1.42. The van der Waals surface area contributed by atoms with E-state index in [0.717, 1.165) is 27.2 Å². The van der Waals surface area contributed by atoms with Gasteiger partial charge < -0.3 is 13.9 Å². The van der Waals surface area contributed by atoms with Gasteiger partial charge in [-0.15, -0.1) is 5.10 Å². The van der Waals surface area contributed by atoms with Crippen molar-refractivity contribution in [3.63, 3.8) is 0 Å². The van der Waals surface area contributed by atoms with Crippen LogP contribution in [0.15, 0.2) is 56.6 Å². The van der Waals surface area contributed by atoms with Crippen LogP contribution in [0.5, 0.6) is 5.75 Å². The molecule has 1 atom stereocenters. The van der Waals surface area contributed by atoms with Crippen LogP contribution in [0.3, 0.4) is 0 Å². The van der Waals surface area contributed by atoms with Gasteiger partial charge in [-0.05, 0) is 56.7 Å². The van der Waals surface area contributed by atoms with E-state index < -0.39 is 50.1 Å². The van der Waals surface area contributed by atoms with Crippen LogP contribution in [0.1, 0.15) is 37.8 Å². The van der Waals surface area contributed by atoms with Gasteiger partial charge in [0.15, 0.2) is 0 Å². The highest BCUT2D eigenvalue weighted by atomic mass is 32.2. The lowest BCUT2D eigenvalue weighted by atomic mass is 10.1. The Morgan fingerprint density at radius 2 is 1.87 bits per heavy atom. The minimum absolute atomic E-state index is 0.00564. The predicted molar refractivity (Wildman–Crippen MR) is 132 cm³/mol. The number of ether oxygens (including phenoxy) is 2. The van der Waals surface area contributed by atoms with Crippen molar-refractivity contribution in [1.82, 2.24) is 9.78 Å². The summed E-state index contributed by atoms with van der Waals surface area (Å²) < 4.78 is 85.7. The van der Waals surface area contributed by atoms with E-state index in [4.69, 9.17) is 13.9 Å². The summed E-state index contributed by atoms with van der Waals surface area (Å²) in [6.45, 7) is 4.79. The minimum Gasteiger partial charge on any atom is -0.486 e. The Labute approximate surface area is 222 Å². The molecule has 10 nitrogen and oxygen atoms in total. The van der Waals surface area contributed by atoms with E-state index in [1.54, 1.807) is 26.8 Å². The molecule has 2 heterocycles. The lowest BCUT2D eigenvalue weighted by Crippen LogP contribution is -2.44. The molecule has 14 heteroatoms. The normalized spacial score (nSPS) is 16.0. The van der Waals surface area contributed by atoms with Crippen LogP contribution in [0, 0.1) is 0 Å². The fourth-order valence-electron chi connectivity index (χ4n) is 3.98. The third-order valence-corrected chi connectivity index (χ3v) is 7.38. The van der Waals surface area contributed by atoms with Crippen molar-refractivity contribution in [3.05, 3.63) is 70.0 Å². The summed E-state index contributed by atoms with van der Waals surface area (Å²) in [7, 11) is -3.16. The van der Waals surface area contributed by atoms with Crippen LogP contribution in [-0.2, 0) is 45.6 Å². The van der Waals surface area contributed by atoms with Crippen molar-refractivity contribution in [2.75, 3.05) is 10.8 Å². The Morgan fingerprint density at radius 3 is 2.49 bits per heavy atom. The molecule has 39 heavy (non-hydrogen) atoms. The molecule has 3 aromatic rings. The number of carbonyl (C=O) groups excluding carboxylic acids is 1. The number of hydrogen-bond donors (Lipinski definition) is 0. The van der Waals surface area contributed by atoms with Gasteiger partial charge in [0.25, 0.3) is 10.0 Å². The smallest absolute Gasteiger partial charge is 0.436 e. The van der Waals surface area contributed by atoms with E-state index >= 15 is 0 Å². The number of halogens is 3. The summed E-state index contributed by atoms with van der Waals surface area (Å²) in [6, 6.07) is 7.85. The highest BCUT2D eigenvalue weighted by molar-refractivity contribution is 7.92. The van der Waals surface area contributed by atoms with Crippen LogP contribution in [0.25, 0.3) is 0 Å². The molecule has 210 valence electrons.